The predicted molar refractivity (Wildman–Crippen MR) is 124 cm³/mol. The predicted octanol–water partition coefficient (Wildman–Crippen LogP) is 3.64. The second-order valence-electron chi connectivity index (χ2n) is 7.96. The standard InChI is InChI=1S/C23H30N2O3.2ClH/c1-24-13-19-15-25(14-18-5-3-4-6-22(18)28-12-11-26)16-21(19)23(24)17-7-9-20(27-2)10-8-17;;/h3-10,19,21,23,26H,11-16H2,1-2H3;2*1H/t19-,21+,23-;;/m0../s1. The molecule has 2 aliphatic heterocycles. The smallest absolute Gasteiger partial charge is 0.123 e. The Morgan fingerprint density at radius 2 is 1.73 bits per heavy atom. The maximum absolute atomic E-state index is 9.06. The highest BCUT2D eigenvalue weighted by molar-refractivity contribution is 5.85. The molecular formula is C23H32Cl2N2O3. The van der Waals surface area contributed by atoms with Crippen molar-refractivity contribution < 1.29 is 14.6 Å². The van der Waals surface area contributed by atoms with Gasteiger partial charge in [0.05, 0.1) is 13.7 Å². The van der Waals surface area contributed by atoms with Crippen molar-refractivity contribution in [2.24, 2.45) is 11.8 Å². The van der Waals surface area contributed by atoms with Crippen molar-refractivity contribution in [2.45, 2.75) is 12.6 Å². The van der Waals surface area contributed by atoms with Crippen LogP contribution in [-0.4, -0.2) is 61.9 Å². The van der Waals surface area contributed by atoms with Gasteiger partial charge in [0.2, 0.25) is 0 Å². The van der Waals surface area contributed by atoms with Gasteiger partial charge in [-0.05, 0) is 42.6 Å². The second kappa shape index (κ2) is 11.2. The van der Waals surface area contributed by atoms with Gasteiger partial charge in [0.25, 0.3) is 0 Å². The van der Waals surface area contributed by atoms with Crippen LogP contribution in [0.3, 0.4) is 0 Å². The van der Waals surface area contributed by atoms with E-state index in [4.69, 9.17) is 14.6 Å². The van der Waals surface area contributed by atoms with Crippen molar-refractivity contribution in [3.05, 3.63) is 59.7 Å². The fourth-order valence-corrected chi connectivity index (χ4v) is 4.95. The highest BCUT2D eigenvalue weighted by Gasteiger charge is 2.45. The summed E-state index contributed by atoms with van der Waals surface area (Å²) in [4.78, 5) is 5.06. The number of likely N-dealkylation sites (tertiary alicyclic amines) is 2. The summed E-state index contributed by atoms with van der Waals surface area (Å²) in [5.74, 6) is 3.14. The number of hydrogen-bond donors (Lipinski definition) is 1. The highest BCUT2D eigenvalue weighted by atomic mass is 35.5. The zero-order valence-corrected chi connectivity index (χ0v) is 19.2. The van der Waals surface area contributed by atoms with Crippen LogP contribution in [0.4, 0.5) is 0 Å². The average Bonchev–Trinajstić information content (AvgIpc) is 3.23. The molecule has 0 amide bonds. The van der Waals surface area contributed by atoms with E-state index in [1.807, 2.05) is 12.1 Å². The van der Waals surface area contributed by atoms with E-state index in [1.165, 1.54) is 11.1 Å². The van der Waals surface area contributed by atoms with Crippen molar-refractivity contribution in [1.29, 1.82) is 0 Å². The van der Waals surface area contributed by atoms with E-state index in [2.05, 4.69) is 53.2 Å². The zero-order valence-electron chi connectivity index (χ0n) is 17.6. The lowest BCUT2D eigenvalue weighted by molar-refractivity contribution is 0.195. The molecule has 2 heterocycles. The van der Waals surface area contributed by atoms with Crippen molar-refractivity contribution in [3.63, 3.8) is 0 Å². The molecular weight excluding hydrogens is 423 g/mol. The number of nitrogens with zero attached hydrogens (tertiary/aromatic N) is 2. The molecule has 0 bridgehead atoms. The Bertz CT molecular complexity index is 790. The molecule has 4 rings (SSSR count). The monoisotopic (exact) mass is 454 g/mol. The highest BCUT2D eigenvalue weighted by Crippen LogP contribution is 2.44. The molecule has 1 N–H and O–H groups in total. The maximum Gasteiger partial charge on any atom is 0.123 e. The van der Waals surface area contributed by atoms with Crippen LogP contribution in [-0.2, 0) is 6.54 Å². The molecule has 2 aromatic rings. The van der Waals surface area contributed by atoms with E-state index in [0.717, 1.165) is 37.7 Å². The van der Waals surface area contributed by atoms with Crippen LogP contribution in [0, 0.1) is 11.8 Å². The van der Waals surface area contributed by atoms with Gasteiger partial charge < -0.3 is 14.6 Å². The van der Waals surface area contributed by atoms with E-state index in [0.29, 0.717) is 24.5 Å². The van der Waals surface area contributed by atoms with Crippen LogP contribution in [0.1, 0.15) is 17.2 Å². The molecule has 0 unspecified atom stereocenters. The summed E-state index contributed by atoms with van der Waals surface area (Å²) in [5, 5.41) is 9.06. The van der Waals surface area contributed by atoms with Crippen LogP contribution in [0.15, 0.2) is 48.5 Å². The number of para-hydroxylation sites is 1. The summed E-state index contributed by atoms with van der Waals surface area (Å²) in [6, 6.07) is 17.2. The molecule has 0 radical (unpaired) electrons. The molecule has 166 valence electrons. The normalized spacial score (nSPS) is 23.4. The minimum atomic E-state index is 0. The zero-order chi connectivity index (χ0) is 19.5. The number of halogens is 2. The quantitative estimate of drug-likeness (QED) is 0.691. The number of rotatable bonds is 7. The first-order chi connectivity index (χ1) is 13.7. The first-order valence-corrected chi connectivity index (χ1v) is 10.1. The summed E-state index contributed by atoms with van der Waals surface area (Å²) < 4.78 is 11.0. The number of ether oxygens (including phenoxy) is 2. The Morgan fingerprint density at radius 3 is 2.43 bits per heavy atom. The van der Waals surface area contributed by atoms with Crippen molar-refractivity contribution >= 4 is 24.8 Å². The number of benzene rings is 2. The first kappa shape index (κ1) is 24.8. The van der Waals surface area contributed by atoms with E-state index in [-0.39, 0.29) is 31.4 Å². The van der Waals surface area contributed by atoms with E-state index in [9.17, 15) is 0 Å². The van der Waals surface area contributed by atoms with Crippen molar-refractivity contribution in [3.8, 4) is 11.5 Å². The molecule has 2 fully saturated rings. The van der Waals surface area contributed by atoms with Crippen molar-refractivity contribution in [2.75, 3.05) is 47.0 Å². The van der Waals surface area contributed by atoms with Crippen molar-refractivity contribution in [1.82, 2.24) is 9.80 Å². The van der Waals surface area contributed by atoms with Gasteiger partial charge >= 0.3 is 0 Å². The minimum absolute atomic E-state index is 0. The second-order valence-corrected chi connectivity index (χ2v) is 7.96. The molecule has 2 saturated heterocycles. The lowest BCUT2D eigenvalue weighted by Gasteiger charge is -2.27. The van der Waals surface area contributed by atoms with Crippen LogP contribution >= 0.6 is 24.8 Å². The van der Waals surface area contributed by atoms with Crippen LogP contribution in [0.25, 0.3) is 0 Å². The van der Waals surface area contributed by atoms with Gasteiger partial charge in [-0.2, -0.15) is 0 Å². The molecule has 2 aromatic carbocycles. The molecule has 0 aromatic heterocycles. The topological polar surface area (TPSA) is 45.2 Å². The van der Waals surface area contributed by atoms with Crippen LogP contribution in [0.5, 0.6) is 11.5 Å². The van der Waals surface area contributed by atoms with E-state index >= 15 is 0 Å². The number of fused-ring (bicyclic) bond motifs is 1. The Hall–Kier alpha value is -1.50. The summed E-state index contributed by atoms with van der Waals surface area (Å²) in [7, 11) is 3.96. The Labute approximate surface area is 191 Å². The van der Waals surface area contributed by atoms with Crippen LogP contribution in [0.2, 0.25) is 0 Å². The Balaban J connectivity index is 0.00000160. The van der Waals surface area contributed by atoms with E-state index < -0.39 is 0 Å². The van der Waals surface area contributed by atoms with Crippen LogP contribution < -0.4 is 9.47 Å². The molecule has 5 nitrogen and oxygen atoms in total. The molecule has 0 aliphatic carbocycles. The lowest BCUT2D eigenvalue weighted by Crippen LogP contribution is -2.29. The maximum atomic E-state index is 9.06. The first-order valence-electron chi connectivity index (χ1n) is 10.1. The van der Waals surface area contributed by atoms with E-state index in [1.54, 1.807) is 7.11 Å². The van der Waals surface area contributed by atoms with Gasteiger partial charge in [-0.15, -0.1) is 24.8 Å². The molecule has 3 atom stereocenters. The number of aliphatic hydroxyl groups excluding tert-OH is 1. The number of aliphatic hydroxyl groups is 1. The summed E-state index contributed by atoms with van der Waals surface area (Å²) in [5.41, 5.74) is 2.58. The third-order valence-corrected chi connectivity index (χ3v) is 6.14. The molecule has 0 saturated carbocycles. The summed E-state index contributed by atoms with van der Waals surface area (Å²) >= 11 is 0. The SMILES string of the molecule is COc1ccc([C@H]2[C@@H]3CN(Cc4ccccc4OCCO)C[C@@H]3CN2C)cc1.Cl.Cl. The summed E-state index contributed by atoms with van der Waals surface area (Å²) in [6.07, 6.45) is 0. The van der Waals surface area contributed by atoms with Gasteiger partial charge in [0.1, 0.15) is 18.1 Å². The molecule has 2 aliphatic rings. The largest absolute Gasteiger partial charge is 0.497 e. The third-order valence-electron chi connectivity index (χ3n) is 6.14. The fourth-order valence-electron chi connectivity index (χ4n) is 4.95. The molecule has 30 heavy (non-hydrogen) atoms. The fraction of sp³-hybridized carbons (Fsp3) is 0.478. The van der Waals surface area contributed by atoms with Gasteiger partial charge in [-0.3, -0.25) is 9.80 Å². The average molecular weight is 455 g/mol. The Kier molecular flexibility index (Phi) is 9.26. The van der Waals surface area contributed by atoms with Gasteiger partial charge in [-0.1, -0.05) is 30.3 Å². The third kappa shape index (κ3) is 5.21. The van der Waals surface area contributed by atoms with Gasteiger partial charge in [0, 0.05) is 37.8 Å². The number of hydrogen-bond acceptors (Lipinski definition) is 5. The summed E-state index contributed by atoms with van der Waals surface area (Å²) in [6.45, 7) is 4.63. The number of methoxy groups -OCH3 is 1. The Morgan fingerprint density at radius 1 is 1.00 bits per heavy atom. The lowest BCUT2D eigenvalue weighted by atomic mass is 9.89. The van der Waals surface area contributed by atoms with Gasteiger partial charge in [-0.25, -0.2) is 0 Å². The molecule has 0 spiro atoms. The minimum Gasteiger partial charge on any atom is -0.497 e. The van der Waals surface area contributed by atoms with Gasteiger partial charge in [0.15, 0.2) is 0 Å². The molecule has 7 heteroatoms.